The van der Waals surface area contributed by atoms with Crippen molar-refractivity contribution in [3.8, 4) is 0 Å². The second-order valence-electron chi connectivity index (χ2n) is 3.90. The predicted molar refractivity (Wildman–Crippen MR) is 70.9 cm³/mol. The second-order valence-corrected chi connectivity index (χ2v) is 3.90. The van der Waals surface area contributed by atoms with Crippen molar-refractivity contribution in [3.05, 3.63) is 29.8 Å². The zero-order chi connectivity index (χ0) is 13.5. The van der Waals surface area contributed by atoms with Crippen LogP contribution >= 0.6 is 0 Å². The minimum atomic E-state index is -0.284. The Morgan fingerprint density at radius 3 is 2.56 bits per heavy atom. The molecule has 6 nitrogen and oxygen atoms in total. The highest BCUT2D eigenvalue weighted by molar-refractivity contribution is 5.93. The van der Waals surface area contributed by atoms with Gasteiger partial charge in [0.2, 0.25) is 0 Å². The molecule has 6 heteroatoms. The molecule has 98 valence electrons. The van der Waals surface area contributed by atoms with Crippen LogP contribution in [0.25, 0.3) is 0 Å². The summed E-state index contributed by atoms with van der Waals surface area (Å²) in [6.45, 7) is 4.35. The third-order valence-electron chi connectivity index (χ3n) is 2.45. The Kier molecular flexibility index (Phi) is 4.98. The summed E-state index contributed by atoms with van der Waals surface area (Å²) in [6.07, 6.45) is 0. The molecule has 0 saturated carbocycles. The number of aryl methyl sites for hydroxylation is 1. The Hall–Kier alpha value is -2.24. The first-order valence-electron chi connectivity index (χ1n) is 5.65. The first kappa shape index (κ1) is 13.8. The molecule has 0 bridgehead atoms. The van der Waals surface area contributed by atoms with E-state index in [1.54, 1.807) is 0 Å². The largest absolute Gasteiger partial charge is 0.409 e. The lowest BCUT2D eigenvalue weighted by Gasteiger charge is -2.20. The number of nitrogens with one attached hydrogen (secondary N) is 1. The van der Waals surface area contributed by atoms with Crippen molar-refractivity contribution in [3.63, 3.8) is 0 Å². The molecule has 0 unspecified atom stereocenters. The van der Waals surface area contributed by atoms with Gasteiger partial charge in [0, 0.05) is 12.2 Å². The predicted octanol–water partition coefficient (Wildman–Crippen LogP) is 1.60. The van der Waals surface area contributed by atoms with E-state index in [4.69, 9.17) is 10.9 Å². The van der Waals surface area contributed by atoms with Crippen LogP contribution in [-0.4, -0.2) is 35.1 Å². The van der Waals surface area contributed by atoms with Crippen molar-refractivity contribution in [1.82, 2.24) is 4.90 Å². The molecule has 2 amide bonds. The highest BCUT2D eigenvalue weighted by Gasteiger charge is 2.13. The van der Waals surface area contributed by atoms with E-state index >= 15 is 0 Å². The maximum atomic E-state index is 11.9. The van der Waals surface area contributed by atoms with Crippen molar-refractivity contribution in [1.29, 1.82) is 0 Å². The minimum absolute atomic E-state index is 0.00379. The number of benzene rings is 1. The van der Waals surface area contributed by atoms with Crippen LogP contribution in [0.4, 0.5) is 10.5 Å². The van der Waals surface area contributed by atoms with Crippen LogP contribution in [-0.2, 0) is 0 Å². The number of carbonyl (C=O) groups is 1. The molecule has 0 aliphatic heterocycles. The molecular formula is C12H18N4O2. The van der Waals surface area contributed by atoms with Gasteiger partial charge in [-0.15, -0.1) is 0 Å². The Bertz CT molecular complexity index is 428. The second kappa shape index (κ2) is 6.48. The van der Waals surface area contributed by atoms with Gasteiger partial charge in [0.05, 0.1) is 6.54 Å². The molecule has 0 aliphatic rings. The van der Waals surface area contributed by atoms with Crippen molar-refractivity contribution in [2.24, 2.45) is 10.9 Å². The average molecular weight is 250 g/mol. The molecule has 0 atom stereocenters. The quantitative estimate of drug-likeness (QED) is 0.328. The standard InChI is InChI=1S/C12H18N4O2/c1-3-16(8-11(13)15-18)12(17)14-10-6-4-9(2)5-7-10/h4-7,18H,3,8H2,1-2H3,(H2,13,15)(H,14,17). The van der Waals surface area contributed by atoms with E-state index < -0.39 is 0 Å². The van der Waals surface area contributed by atoms with Gasteiger partial charge in [0.25, 0.3) is 0 Å². The number of rotatable bonds is 4. The number of anilines is 1. The van der Waals surface area contributed by atoms with E-state index in [1.807, 2.05) is 38.1 Å². The van der Waals surface area contributed by atoms with Gasteiger partial charge in [0.1, 0.15) is 0 Å². The third-order valence-corrected chi connectivity index (χ3v) is 2.45. The number of nitrogens with two attached hydrogens (primary N) is 1. The molecule has 0 radical (unpaired) electrons. The fourth-order valence-electron chi connectivity index (χ4n) is 1.39. The van der Waals surface area contributed by atoms with Crippen LogP contribution in [0, 0.1) is 6.92 Å². The maximum absolute atomic E-state index is 11.9. The van der Waals surface area contributed by atoms with Crippen LogP contribution in [0.5, 0.6) is 0 Å². The van der Waals surface area contributed by atoms with E-state index in [2.05, 4.69) is 10.5 Å². The molecule has 0 aromatic heterocycles. The van der Waals surface area contributed by atoms with Crippen molar-refractivity contribution >= 4 is 17.6 Å². The minimum Gasteiger partial charge on any atom is -0.409 e. The van der Waals surface area contributed by atoms with E-state index in [1.165, 1.54) is 4.90 Å². The van der Waals surface area contributed by atoms with Crippen LogP contribution < -0.4 is 11.1 Å². The lowest BCUT2D eigenvalue weighted by atomic mass is 10.2. The highest BCUT2D eigenvalue weighted by atomic mass is 16.4. The van der Waals surface area contributed by atoms with Gasteiger partial charge in [0.15, 0.2) is 5.84 Å². The van der Waals surface area contributed by atoms with Gasteiger partial charge < -0.3 is 21.2 Å². The first-order chi connectivity index (χ1) is 8.56. The molecular weight excluding hydrogens is 232 g/mol. The van der Waals surface area contributed by atoms with Crippen LogP contribution in [0.1, 0.15) is 12.5 Å². The summed E-state index contributed by atoms with van der Waals surface area (Å²) in [6, 6.07) is 7.19. The Labute approximate surface area is 106 Å². The lowest BCUT2D eigenvalue weighted by Crippen LogP contribution is -2.40. The Morgan fingerprint density at radius 2 is 2.06 bits per heavy atom. The first-order valence-corrected chi connectivity index (χ1v) is 5.65. The number of amidine groups is 1. The SMILES string of the molecule is CCN(C/C(N)=N/O)C(=O)Nc1ccc(C)cc1. The summed E-state index contributed by atoms with van der Waals surface area (Å²) in [5, 5.41) is 14.1. The molecule has 18 heavy (non-hydrogen) atoms. The normalized spacial score (nSPS) is 11.1. The molecule has 1 aromatic carbocycles. The van der Waals surface area contributed by atoms with Gasteiger partial charge in [-0.1, -0.05) is 22.9 Å². The number of urea groups is 1. The Morgan fingerprint density at radius 1 is 1.44 bits per heavy atom. The molecule has 0 saturated heterocycles. The van der Waals surface area contributed by atoms with E-state index in [0.29, 0.717) is 12.2 Å². The molecule has 0 fully saturated rings. The summed E-state index contributed by atoms with van der Waals surface area (Å²) in [5.74, 6) is -0.00379. The van der Waals surface area contributed by atoms with Crippen LogP contribution in [0.2, 0.25) is 0 Å². The van der Waals surface area contributed by atoms with Crippen LogP contribution in [0.15, 0.2) is 29.4 Å². The summed E-state index contributed by atoms with van der Waals surface area (Å²) in [4.78, 5) is 13.3. The fourth-order valence-corrected chi connectivity index (χ4v) is 1.39. The summed E-state index contributed by atoms with van der Waals surface area (Å²) in [7, 11) is 0. The fraction of sp³-hybridized carbons (Fsp3) is 0.333. The smallest absolute Gasteiger partial charge is 0.322 e. The zero-order valence-corrected chi connectivity index (χ0v) is 10.6. The molecule has 1 aromatic rings. The number of carbonyl (C=O) groups excluding carboxylic acids is 1. The number of hydrogen-bond acceptors (Lipinski definition) is 3. The zero-order valence-electron chi connectivity index (χ0n) is 10.6. The third kappa shape index (κ3) is 3.97. The van der Waals surface area contributed by atoms with Gasteiger partial charge in [-0.3, -0.25) is 0 Å². The lowest BCUT2D eigenvalue weighted by molar-refractivity contribution is 0.220. The van der Waals surface area contributed by atoms with E-state index in [-0.39, 0.29) is 18.4 Å². The number of likely N-dealkylation sites (N-methyl/N-ethyl adjacent to an activating group) is 1. The summed E-state index contributed by atoms with van der Waals surface area (Å²) in [5.41, 5.74) is 7.21. The van der Waals surface area contributed by atoms with Gasteiger partial charge in [-0.25, -0.2) is 4.79 Å². The molecule has 0 heterocycles. The average Bonchev–Trinajstić information content (AvgIpc) is 2.38. The van der Waals surface area contributed by atoms with Crippen molar-refractivity contribution in [2.45, 2.75) is 13.8 Å². The number of hydrogen-bond donors (Lipinski definition) is 3. The van der Waals surface area contributed by atoms with Crippen molar-refractivity contribution in [2.75, 3.05) is 18.4 Å². The summed E-state index contributed by atoms with van der Waals surface area (Å²) >= 11 is 0. The van der Waals surface area contributed by atoms with E-state index in [0.717, 1.165) is 5.56 Å². The van der Waals surface area contributed by atoms with Crippen molar-refractivity contribution < 1.29 is 10.0 Å². The Balaban J connectivity index is 2.65. The van der Waals surface area contributed by atoms with Gasteiger partial charge >= 0.3 is 6.03 Å². The monoisotopic (exact) mass is 250 g/mol. The molecule has 0 aliphatic carbocycles. The highest BCUT2D eigenvalue weighted by Crippen LogP contribution is 2.09. The van der Waals surface area contributed by atoms with E-state index in [9.17, 15) is 4.79 Å². The number of amides is 2. The number of nitrogens with zero attached hydrogens (tertiary/aromatic N) is 2. The van der Waals surface area contributed by atoms with Gasteiger partial charge in [-0.2, -0.15) is 0 Å². The molecule has 0 spiro atoms. The summed E-state index contributed by atoms with van der Waals surface area (Å²) < 4.78 is 0. The topological polar surface area (TPSA) is 90.9 Å². The number of oxime groups is 1. The molecule has 1 rings (SSSR count). The van der Waals surface area contributed by atoms with Crippen LogP contribution in [0.3, 0.4) is 0 Å². The molecule has 4 N–H and O–H groups in total. The van der Waals surface area contributed by atoms with Gasteiger partial charge in [-0.05, 0) is 26.0 Å². The maximum Gasteiger partial charge on any atom is 0.322 e.